The van der Waals surface area contributed by atoms with E-state index in [0.29, 0.717) is 12.2 Å². The summed E-state index contributed by atoms with van der Waals surface area (Å²) in [5.41, 5.74) is 1.23. The van der Waals surface area contributed by atoms with Crippen LogP contribution in [0, 0.1) is 0 Å². The van der Waals surface area contributed by atoms with E-state index < -0.39 is 12.7 Å². The number of halogens is 3. The highest BCUT2D eigenvalue weighted by molar-refractivity contribution is 5.80. The molecule has 19 heavy (non-hydrogen) atoms. The van der Waals surface area contributed by atoms with Crippen LogP contribution in [0.2, 0.25) is 0 Å². The summed E-state index contributed by atoms with van der Waals surface area (Å²) in [6.45, 7) is 2.43. The number of rotatable bonds is 5. The minimum Gasteiger partial charge on any atom is -0.323 e. The number of fused-ring (bicyclic) bond motifs is 1. The molecule has 0 unspecified atom stereocenters. The van der Waals surface area contributed by atoms with E-state index in [1.54, 1.807) is 12.1 Å². The van der Waals surface area contributed by atoms with Crippen LogP contribution < -0.4 is 5.32 Å². The largest absolute Gasteiger partial charge is 0.406 e. The molecule has 2 rings (SSSR count). The van der Waals surface area contributed by atoms with Gasteiger partial charge >= 0.3 is 6.18 Å². The molecule has 1 N–H and O–H groups in total. The SMILES string of the molecule is CCCNCc1cn(CC(F)(F)F)c2ncccc12. The third kappa shape index (κ3) is 3.47. The smallest absolute Gasteiger partial charge is 0.323 e. The number of hydrogen-bond donors (Lipinski definition) is 1. The van der Waals surface area contributed by atoms with Gasteiger partial charge in [0.15, 0.2) is 0 Å². The van der Waals surface area contributed by atoms with Crippen LogP contribution in [0.15, 0.2) is 24.5 Å². The molecule has 3 nitrogen and oxygen atoms in total. The van der Waals surface area contributed by atoms with Gasteiger partial charge in [-0.05, 0) is 30.7 Å². The first-order chi connectivity index (χ1) is 9.01. The van der Waals surface area contributed by atoms with Gasteiger partial charge in [-0.1, -0.05) is 6.92 Å². The molecule has 2 aromatic heterocycles. The van der Waals surface area contributed by atoms with E-state index >= 15 is 0 Å². The second-order valence-electron chi connectivity index (χ2n) is 4.45. The quantitative estimate of drug-likeness (QED) is 0.847. The second kappa shape index (κ2) is 5.61. The van der Waals surface area contributed by atoms with Crippen LogP contribution in [0.4, 0.5) is 13.2 Å². The molecule has 2 heterocycles. The maximum atomic E-state index is 12.5. The van der Waals surface area contributed by atoms with E-state index in [2.05, 4.69) is 10.3 Å². The van der Waals surface area contributed by atoms with Crippen LogP contribution in [0.25, 0.3) is 11.0 Å². The highest BCUT2D eigenvalue weighted by Crippen LogP contribution is 2.24. The lowest BCUT2D eigenvalue weighted by atomic mass is 10.2. The van der Waals surface area contributed by atoms with Crippen molar-refractivity contribution >= 4 is 11.0 Å². The van der Waals surface area contributed by atoms with Crippen LogP contribution in [-0.4, -0.2) is 22.3 Å². The van der Waals surface area contributed by atoms with Gasteiger partial charge in [-0.3, -0.25) is 0 Å². The molecule has 104 valence electrons. The predicted octanol–water partition coefficient (Wildman–Crippen LogP) is 3.10. The molecule has 0 spiro atoms. The molecule has 0 atom stereocenters. The summed E-state index contributed by atoms with van der Waals surface area (Å²) in [6.07, 6.45) is -0.205. The molecular weight excluding hydrogens is 255 g/mol. The summed E-state index contributed by atoms with van der Waals surface area (Å²) in [5.74, 6) is 0. The standard InChI is InChI=1S/C13H16F3N3/c1-2-5-17-7-10-8-19(9-13(14,15)16)12-11(10)4-3-6-18-12/h3-4,6,8,17H,2,5,7,9H2,1H3. The molecule has 6 heteroatoms. The lowest BCUT2D eigenvalue weighted by Crippen LogP contribution is -2.17. The number of alkyl halides is 3. The summed E-state index contributed by atoms with van der Waals surface area (Å²) < 4.78 is 38.7. The Bertz CT molecular complexity index is 546. The predicted molar refractivity (Wildman–Crippen MR) is 67.8 cm³/mol. The summed E-state index contributed by atoms with van der Waals surface area (Å²) in [4.78, 5) is 4.05. The third-order valence-corrected chi connectivity index (χ3v) is 2.81. The molecule has 0 saturated carbocycles. The maximum absolute atomic E-state index is 12.5. The molecular formula is C13H16F3N3. The summed E-state index contributed by atoms with van der Waals surface area (Å²) in [5, 5.41) is 3.97. The highest BCUT2D eigenvalue weighted by Gasteiger charge is 2.29. The number of aromatic nitrogens is 2. The van der Waals surface area contributed by atoms with Crippen LogP contribution in [0.3, 0.4) is 0 Å². The van der Waals surface area contributed by atoms with Crippen molar-refractivity contribution in [2.75, 3.05) is 6.54 Å². The van der Waals surface area contributed by atoms with Crippen molar-refractivity contribution in [3.63, 3.8) is 0 Å². The normalized spacial score (nSPS) is 12.2. The Labute approximate surface area is 109 Å². The summed E-state index contributed by atoms with van der Waals surface area (Å²) in [7, 11) is 0. The third-order valence-electron chi connectivity index (χ3n) is 2.81. The maximum Gasteiger partial charge on any atom is 0.406 e. The van der Waals surface area contributed by atoms with Gasteiger partial charge < -0.3 is 9.88 Å². The topological polar surface area (TPSA) is 29.9 Å². The van der Waals surface area contributed by atoms with Gasteiger partial charge in [0.05, 0.1) is 0 Å². The average Bonchev–Trinajstić information content (AvgIpc) is 2.67. The van der Waals surface area contributed by atoms with E-state index in [4.69, 9.17) is 0 Å². The summed E-state index contributed by atoms with van der Waals surface area (Å²) >= 11 is 0. The molecule has 0 aromatic carbocycles. The molecule has 0 saturated heterocycles. The first-order valence-electron chi connectivity index (χ1n) is 6.21. The second-order valence-corrected chi connectivity index (χ2v) is 4.45. The van der Waals surface area contributed by atoms with Gasteiger partial charge in [0, 0.05) is 24.3 Å². The van der Waals surface area contributed by atoms with Crippen LogP contribution in [0.5, 0.6) is 0 Å². The Hall–Kier alpha value is -1.56. The number of pyridine rings is 1. The van der Waals surface area contributed by atoms with E-state index in [-0.39, 0.29) is 0 Å². The fourth-order valence-electron chi connectivity index (χ4n) is 2.05. The average molecular weight is 271 g/mol. The minimum absolute atomic E-state index is 0.383. The fraction of sp³-hybridized carbons (Fsp3) is 0.462. The zero-order chi connectivity index (χ0) is 13.9. The van der Waals surface area contributed by atoms with Gasteiger partial charge in [0.2, 0.25) is 0 Å². The van der Waals surface area contributed by atoms with Crippen molar-refractivity contribution in [1.29, 1.82) is 0 Å². The monoisotopic (exact) mass is 271 g/mol. The zero-order valence-corrected chi connectivity index (χ0v) is 10.7. The van der Waals surface area contributed by atoms with Crippen LogP contribution in [0.1, 0.15) is 18.9 Å². The highest BCUT2D eigenvalue weighted by atomic mass is 19.4. The molecule has 0 fully saturated rings. The Morgan fingerprint density at radius 3 is 2.84 bits per heavy atom. The lowest BCUT2D eigenvalue weighted by Gasteiger charge is -2.07. The van der Waals surface area contributed by atoms with Crippen molar-refractivity contribution in [3.8, 4) is 0 Å². The Kier molecular flexibility index (Phi) is 4.09. The van der Waals surface area contributed by atoms with Crippen molar-refractivity contribution in [2.45, 2.75) is 32.6 Å². The Balaban J connectivity index is 2.31. The van der Waals surface area contributed by atoms with E-state index in [9.17, 15) is 13.2 Å². The van der Waals surface area contributed by atoms with Gasteiger partial charge in [0.1, 0.15) is 12.2 Å². The first-order valence-corrected chi connectivity index (χ1v) is 6.21. The first kappa shape index (κ1) is 13.9. The molecule has 0 radical (unpaired) electrons. The molecule has 0 aliphatic carbocycles. The van der Waals surface area contributed by atoms with Gasteiger partial charge in [-0.15, -0.1) is 0 Å². The van der Waals surface area contributed by atoms with Crippen molar-refractivity contribution in [3.05, 3.63) is 30.1 Å². The molecule has 0 amide bonds. The molecule has 2 aromatic rings. The summed E-state index contributed by atoms with van der Waals surface area (Å²) in [6, 6.07) is 3.54. The van der Waals surface area contributed by atoms with Gasteiger partial charge in [-0.25, -0.2) is 4.98 Å². The number of nitrogens with zero attached hydrogens (tertiary/aromatic N) is 2. The van der Waals surface area contributed by atoms with E-state index in [1.807, 2.05) is 6.92 Å². The number of nitrogens with one attached hydrogen (secondary N) is 1. The van der Waals surface area contributed by atoms with E-state index in [1.165, 1.54) is 12.4 Å². The fourth-order valence-corrected chi connectivity index (χ4v) is 2.05. The van der Waals surface area contributed by atoms with Gasteiger partial charge in [0.25, 0.3) is 0 Å². The van der Waals surface area contributed by atoms with Crippen molar-refractivity contribution in [1.82, 2.24) is 14.9 Å². The van der Waals surface area contributed by atoms with Crippen LogP contribution in [-0.2, 0) is 13.1 Å². The molecule has 0 aliphatic rings. The van der Waals surface area contributed by atoms with Crippen molar-refractivity contribution in [2.24, 2.45) is 0 Å². The lowest BCUT2D eigenvalue weighted by molar-refractivity contribution is -0.139. The van der Waals surface area contributed by atoms with Crippen molar-refractivity contribution < 1.29 is 13.2 Å². The molecule has 0 aliphatic heterocycles. The number of hydrogen-bond acceptors (Lipinski definition) is 2. The minimum atomic E-state index is -4.24. The molecule has 0 bridgehead atoms. The van der Waals surface area contributed by atoms with E-state index in [0.717, 1.165) is 28.5 Å². The zero-order valence-electron chi connectivity index (χ0n) is 10.7. The van der Waals surface area contributed by atoms with Crippen LogP contribution >= 0.6 is 0 Å². The van der Waals surface area contributed by atoms with Gasteiger partial charge in [-0.2, -0.15) is 13.2 Å². The Morgan fingerprint density at radius 2 is 2.16 bits per heavy atom. The Morgan fingerprint density at radius 1 is 1.37 bits per heavy atom.